The highest BCUT2D eigenvalue weighted by Crippen LogP contribution is 2.29. The maximum absolute atomic E-state index is 12.3. The van der Waals surface area contributed by atoms with Crippen molar-refractivity contribution >= 4 is 11.6 Å². The van der Waals surface area contributed by atoms with Crippen molar-refractivity contribution in [2.24, 2.45) is 0 Å². The van der Waals surface area contributed by atoms with Gasteiger partial charge in [0.1, 0.15) is 0 Å². The number of nitrogens with one attached hydrogen (secondary N) is 2. The Kier molecular flexibility index (Phi) is 4.54. The van der Waals surface area contributed by atoms with Gasteiger partial charge in [0.15, 0.2) is 0 Å². The third-order valence-corrected chi connectivity index (χ3v) is 4.26. The number of hydrogen-bond acceptors (Lipinski definition) is 2. The Morgan fingerprint density at radius 2 is 1.82 bits per heavy atom. The van der Waals surface area contributed by atoms with Gasteiger partial charge in [0.2, 0.25) is 5.91 Å². The summed E-state index contributed by atoms with van der Waals surface area (Å²) in [5, 5.41) is 6.44. The Labute approximate surface area is 131 Å². The molecule has 3 nitrogen and oxygen atoms in total. The number of benzene rings is 2. The predicted molar refractivity (Wildman–Crippen MR) is 89.8 cm³/mol. The van der Waals surface area contributed by atoms with Crippen molar-refractivity contribution in [1.82, 2.24) is 5.32 Å². The third kappa shape index (κ3) is 3.37. The standard InChI is InChI=1S/C19H22N2O/c1-14(19(22)21-16-10-3-2-4-11-16)20-18-13-7-9-15-8-5-6-12-17(15)18/h2-6,8,10-12,14,18,20H,7,9,13H2,1H3,(H,21,22)/t14-,18+/m0/s1. The molecule has 0 aromatic heterocycles. The van der Waals surface area contributed by atoms with Crippen molar-refractivity contribution in [1.29, 1.82) is 0 Å². The maximum atomic E-state index is 12.3. The summed E-state index contributed by atoms with van der Waals surface area (Å²) >= 11 is 0. The van der Waals surface area contributed by atoms with E-state index in [4.69, 9.17) is 0 Å². The van der Waals surface area contributed by atoms with Crippen LogP contribution in [0.1, 0.15) is 36.9 Å². The van der Waals surface area contributed by atoms with Crippen LogP contribution in [0, 0.1) is 0 Å². The molecule has 114 valence electrons. The van der Waals surface area contributed by atoms with Gasteiger partial charge in [-0.2, -0.15) is 0 Å². The summed E-state index contributed by atoms with van der Waals surface area (Å²) in [7, 11) is 0. The number of aryl methyl sites for hydroxylation is 1. The van der Waals surface area contributed by atoms with Gasteiger partial charge in [-0.3, -0.25) is 10.1 Å². The molecule has 0 fully saturated rings. The van der Waals surface area contributed by atoms with Crippen LogP contribution in [0.2, 0.25) is 0 Å². The second-order valence-corrected chi connectivity index (χ2v) is 5.89. The zero-order chi connectivity index (χ0) is 15.4. The Morgan fingerprint density at radius 3 is 2.64 bits per heavy atom. The molecule has 0 bridgehead atoms. The monoisotopic (exact) mass is 294 g/mol. The summed E-state index contributed by atoms with van der Waals surface area (Å²) in [6, 6.07) is 18.2. The van der Waals surface area contributed by atoms with Crippen molar-refractivity contribution in [3.8, 4) is 0 Å². The molecule has 2 aromatic carbocycles. The zero-order valence-electron chi connectivity index (χ0n) is 12.9. The van der Waals surface area contributed by atoms with Gasteiger partial charge in [0.25, 0.3) is 0 Å². The lowest BCUT2D eigenvalue weighted by Gasteiger charge is -2.28. The van der Waals surface area contributed by atoms with E-state index in [1.165, 1.54) is 17.5 Å². The van der Waals surface area contributed by atoms with E-state index in [-0.39, 0.29) is 18.0 Å². The van der Waals surface area contributed by atoms with Crippen LogP contribution in [0.15, 0.2) is 54.6 Å². The second kappa shape index (κ2) is 6.75. The smallest absolute Gasteiger partial charge is 0.241 e. The van der Waals surface area contributed by atoms with Crippen LogP contribution in [0.3, 0.4) is 0 Å². The minimum atomic E-state index is -0.226. The van der Waals surface area contributed by atoms with Crippen LogP contribution in [0.25, 0.3) is 0 Å². The maximum Gasteiger partial charge on any atom is 0.241 e. The summed E-state index contributed by atoms with van der Waals surface area (Å²) in [6.07, 6.45) is 3.39. The van der Waals surface area contributed by atoms with Crippen molar-refractivity contribution in [3.63, 3.8) is 0 Å². The van der Waals surface area contributed by atoms with E-state index >= 15 is 0 Å². The minimum absolute atomic E-state index is 0.00857. The molecule has 0 heterocycles. The molecule has 2 N–H and O–H groups in total. The third-order valence-electron chi connectivity index (χ3n) is 4.26. The largest absolute Gasteiger partial charge is 0.325 e. The van der Waals surface area contributed by atoms with Crippen molar-refractivity contribution in [3.05, 3.63) is 65.7 Å². The molecule has 0 radical (unpaired) electrons. The first-order chi connectivity index (χ1) is 10.7. The summed E-state index contributed by atoms with van der Waals surface area (Å²) in [5.41, 5.74) is 3.58. The number of rotatable bonds is 4. The Balaban J connectivity index is 1.65. The second-order valence-electron chi connectivity index (χ2n) is 5.89. The molecule has 22 heavy (non-hydrogen) atoms. The van der Waals surface area contributed by atoms with Crippen LogP contribution >= 0.6 is 0 Å². The van der Waals surface area contributed by atoms with Gasteiger partial charge in [0.05, 0.1) is 6.04 Å². The summed E-state index contributed by atoms with van der Waals surface area (Å²) in [6.45, 7) is 1.93. The SMILES string of the molecule is C[C@H](N[C@@H]1CCCc2ccccc21)C(=O)Nc1ccccc1. The number of carbonyl (C=O) groups excluding carboxylic acids is 1. The Bertz CT molecular complexity index is 639. The lowest BCUT2D eigenvalue weighted by Crippen LogP contribution is -2.41. The van der Waals surface area contributed by atoms with Crippen molar-refractivity contribution in [2.45, 2.75) is 38.3 Å². The molecule has 1 amide bonds. The van der Waals surface area contributed by atoms with Crippen LogP contribution in [-0.4, -0.2) is 11.9 Å². The van der Waals surface area contributed by atoms with Crippen LogP contribution in [-0.2, 0) is 11.2 Å². The fourth-order valence-electron chi connectivity index (χ4n) is 3.08. The van der Waals surface area contributed by atoms with Gasteiger partial charge in [-0.15, -0.1) is 0 Å². The van der Waals surface area contributed by atoms with E-state index in [9.17, 15) is 4.79 Å². The molecule has 0 saturated heterocycles. The lowest BCUT2D eigenvalue weighted by molar-refractivity contribution is -0.118. The van der Waals surface area contributed by atoms with E-state index in [0.717, 1.165) is 18.5 Å². The molecule has 0 spiro atoms. The van der Waals surface area contributed by atoms with Crippen LogP contribution in [0.5, 0.6) is 0 Å². The minimum Gasteiger partial charge on any atom is -0.325 e. The normalized spacial score (nSPS) is 18.3. The zero-order valence-corrected chi connectivity index (χ0v) is 12.9. The van der Waals surface area contributed by atoms with Crippen LogP contribution < -0.4 is 10.6 Å². The van der Waals surface area contributed by atoms with Gasteiger partial charge in [-0.1, -0.05) is 42.5 Å². The molecule has 2 atom stereocenters. The molecule has 2 aromatic rings. The molecule has 3 rings (SSSR count). The summed E-state index contributed by atoms with van der Waals surface area (Å²) < 4.78 is 0. The van der Waals surface area contributed by atoms with E-state index in [0.29, 0.717) is 0 Å². The fourth-order valence-corrected chi connectivity index (χ4v) is 3.08. The number of amides is 1. The molecule has 0 aliphatic heterocycles. The first-order valence-corrected chi connectivity index (χ1v) is 7.94. The van der Waals surface area contributed by atoms with Crippen LogP contribution in [0.4, 0.5) is 5.69 Å². The average molecular weight is 294 g/mol. The highest BCUT2D eigenvalue weighted by molar-refractivity contribution is 5.94. The molecule has 0 saturated carbocycles. The van der Waals surface area contributed by atoms with E-state index in [1.807, 2.05) is 37.3 Å². The summed E-state index contributed by atoms with van der Waals surface area (Å²) in [4.78, 5) is 12.3. The number of hydrogen-bond donors (Lipinski definition) is 2. The number of carbonyl (C=O) groups is 1. The van der Waals surface area contributed by atoms with Gasteiger partial charge in [-0.25, -0.2) is 0 Å². The summed E-state index contributed by atoms with van der Waals surface area (Å²) in [5.74, 6) is 0.00857. The molecular weight excluding hydrogens is 272 g/mol. The first-order valence-electron chi connectivity index (χ1n) is 7.94. The highest BCUT2D eigenvalue weighted by atomic mass is 16.2. The molecule has 1 aliphatic rings. The molecule has 3 heteroatoms. The quantitative estimate of drug-likeness (QED) is 0.903. The number of fused-ring (bicyclic) bond motifs is 1. The Hall–Kier alpha value is -2.13. The predicted octanol–water partition coefficient (Wildman–Crippen LogP) is 3.68. The van der Waals surface area contributed by atoms with E-state index in [2.05, 4.69) is 34.9 Å². The van der Waals surface area contributed by atoms with Gasteiger partial charge in [0, 0.05) is 11.7 Å². The average Bonchev–Trinajstić information content (AvgIpc) is 2.56. The topological polar surface area (TPSA) is 41.1 Å². The van der Waals surface area contributed by atoms with E-state index < -0.39 is 0 Å². The lowest BCUT2D eigenvalue weighted by atomic mass is 9.87. The molecule has 1 aliphatic carbocycles. The van der Waals surface area contributed by atoms with Crippen molar-refractivity contribution in [2.75, 3.05) is 5.32 Å². The van der Waals surface area contributed by atoms with Gasteiger partial charge in [-0.05, 0) is 49.4 Å². The van der Waals surface area contributed by atoms with E-state index in [1.54, 1.807) is 0 Å². The molecule has 0 unspecified atom stereocenters. The van der Waals surface area contributed by atoms with Gasteiger partial charge >= 0.3 is 0 Å². The fraction of sp³-hybridized carbons (Fsp3) is 0.316. The van der Waals surface area contributed by atoms with Gasteiger partial charge < -0.3 is 5.32 Å². The Morgan fingerprint density at radius 1 is 1.09 bits per heavy atom. The first kappa shape index (κ1) is 14.8. The highest BCUT2D eigenvalue weighted by Gasteiger charge is 2.23. The molecular formula is C19H22N2O. The number of para-hydroxylation sites is 1. The number of anilines is 1. The van der Waals surface area contributed by atoms with Crippen molar-refractivity contribution < 1.29 is 4.79 Å².